The summed E-state index contributed by atoms with van der Waals surface area (Å²) in [6, 6.07) is 17.1. The van der Waals surface area contributed by atoms with Gasteiger partial charge in [-0.15, -0.1) is 0 Å². The Morgan fingerprint density at radius 2 is 1.89 bits per heavy atom. The van der Waals surface area contributed by atoms with Crippen LogP contribution in [-0.2, 0) is 5.75 Å². The Bertz CT molecular complexity index is 1110. The van der Waals surface area contributed by atoms with Crippen LogP contribution in [-0.4, -0.2) is 14.6 Å². The molecule has 3 nitrogen and oxygen atoms in total. The first-order valence-electron chi connectivity index (χ1n) is 8.90. The van der Waals surface area contributed by atoms with E-state index in [-0.39, 0.29) is 0 Å². The number of hydrogen-bond donors (Lipinski definition) is 0. The van der Waals surface area contributed by atoms with Crippen molar-refractivity contribution in [1.82, 2.24) is 14.6 Å². The Hall–Kier alpha value is -2.85. The topological polar surface area (TPSA) is 30.2 Å². The lowest BCUT2D eigenvalue weighted by molar-refractivity contribution is 0.920. The van der Waals surface area contributed by atoms with Crippen LogP contribution in [0.2, 0.25) is 0 Å². The second-order valence-corrected chi connectivity index (χ2v) is 7.61. The normalized spacial score (nSPS) is 11.0. The van der Waals surface area contributed by atoms with E-state index in [4.69, 9.17) is 5.10 Å². The van der Waals surface area contributed by atoms with Crippen LogP contribution in [0.1, 0.15) is 22.3 Å². The first-order chi connectivity index (χ1) is 13.1. The molecule has 2 aromatic carbocycles. The van der Waals surface area contributed by atoms with Gasteiger partial charge in [-0.3, -0.25) is 0 Å². The molecule has 0 amide bonds. The van der Waals surface area contributed by atoms with Crippen molar-refractivity contribution in [1.29, 1.82) is 0 Å². The van der Waals surface area contributed by atoms with Gasteiger partial charge in [0, 0.05) is 23.7 Å². The molecule has 0 unspecified atom stereocenters. The Kier molecular flexibility index (Phi) is 4.82. The van der Waals surface area contributed by atoms with Gasteiger partial charge in [-0.1, -0.05) is 72.4 Å². The summed E-state index contributed by atoms with van der Waals surface area (Å²) in [5.41, 5.74) is 8.10. The number of aromatic nitrogens is 3. The van der Waals surface area contributed by atoms with Crippen molar-refractivity contribution in [3.8, 4) is 11.3 Å². The average molecular weight is 372 g/mol. The second kappa shape index (κ2) is 7.41. The number of fused-ring (bicyclic) bond motifs is 1. The largest absolute Gasteiger partial charge is 0.246 e. The number of nitrogens with zero attached hydrogens (tertiary/aromatic N) is 3. The average Bonchev–Trinajstić information content (AvgIpc) is 3.11. The third-order valence-corrected chi connectivity index (χ3v) is 5.67. The van der Waals surface area contributed by atoms with Crippen LogP contribution in [0.15, 0.2) is 72.5 Å². The molecule has 2 heterocycles. The quantitative estimate of drug-likeness (QED) is 0.406. The van der Waals surface area contributed by atoms with Crippen molar-refractivity contribution in [2.45, 2.75) is 24.6 Å². The minimum Gasteiger partial charge on any atom is -0.246 e. The minimum absolute atomic E-state index is 0.869. The lowest BCUT2D eigenvalue weighted by Gasteiger charge is -2.03. The molecule has 0 fully saturated rings. The van der Waals surface area contributed by atoms with Gasteiger partial charge in [-0.25, -0.2) is 9.50 Å². The summed E-state index contributed by atoms with van der Waals surface area (Å²) in [6.07, 6.45) is 5.58. The zero-order valence-corrected chi connectivity index (χ0v) is 16.3. The number of aryl methyl sites for hydroxylation is 2. The highest BCUT2D eigenvalue weighted by molar-refractivity contribution is 7.98. The molecule has 0 N–H and O–H groups in total. The zero-order chi connectivity index (χ0) is 18.8. The molecular formula is C23H21N3S. The van der Waals surface area contributed by atoms with Crippen LogP contribution in [0, 0.1) is 13.8 Å². The van der Waals surface area contributed by atoms with Crippen LogP contribution >= 0.6 is 11.8 Å². The van der Waals surface area contributed by atoms with E-state index in [2.05, 4.69) is 73.9 Å². The molecule has 134 valence electrons. The maximum atomic E-state index is 4.76. The summed E-state index contributed by atoms with van der Waals surface area (Å²) < 4.78 is 1.92. The Morgan fingerprint density at radius 1 is 1.07 bits per heavy atom. The minimum atomic E-state index is 0.869. The molecule has 2 aromatic heterocycles. The standard InChI is InChI=1S/C23H21N3S/c1-4-18-6-8-19(9-7-18)15-27-23-22-14-21(25-26(22)12-11-24-23)20-10-5-16(2)13-17(20)3/h4-14H,1,15H2,2-3H3. The van der Waals surface area contributed by atoms with E-state index in [0.717, 1.165) is 27.6 Å². The van der Waals surface area contributed by atoms with Gasteiger partial charge in [0.25, 0.3) is 0 Å². The maximum absolute atomic E-state index is 4.76. The first kappa shape index (κ1) is 17.6. The van der Waals surface area contributed by atoms with E-state index >= 15 is 0 Å². The predicted octanol–water partition coefficient (Wildman–Crippen LogP) is 5.95. The van der Waals surface area contributed by atoms with Gasteiger partial charge in [0.15, 0.2) is 0 Å². The number of benzene rings is 2. The van der Waals surface area contributed by atoms with Crippen molar-refractivity contribution < 1.29 is 0 Å². The van der Waals surface area contributed by atoms with Gasteiger partial charge in [0.05, 0.1) is 11.2 Å². The molecule has 0 aliphatic rings. The van der Waals surface area contributed by atoms with E-state index in [0.29, 0.717) is 0 Å². The SMILES string of the molecule is C=Cc1ccc(CSc2nccn3nc(-c4ccc(C)cc4C)cc23)cc1. The van der Waals surface area contributed by atoms with Gasteiger partial charge in [0.1, 0.15) is 5.03 Å². The van der Waals surface area contributed by atoms with E-state index < -0.39 is 0 Å². The lowest BCUT2D eigenvalue weighted by atomic mass is 10.0. The molecule has 0 aliphatic carbocycles. The summed E-state index contributed by atoms with van der Waals surface area (Å²) in [4.78, 5) is 4.59. The van der Waals surface area contributed by atoms with Crippen LogP contribution in [0.3, 0.4) is 0 Å². The molecule has 27 heavy (non-hydrogen) atoms. The third kappa shape index (κ3) is 3.67. The molecule has 4 rings (SSSR count). The molecule has 0 radical (unpaired) electrons. The molecule has 0 saturated carbocycles. The highest BCUT2D eigenvalue weighted by Crippen LogP contribution is 2.29. The van der Waals surface area contributed by atoms with E-state index in [1.807, 2.05) is 23.0 Å². The lowest BCUT2D eigenvalue weighted by Crippen LogP contribution is -1.92. The fourth-order valence-electron chi connectivity index (χ4n) is 3.14. The Labute approximate surface area is 163 Å². The third-order valence-electron chi connectivity index (χ3n) is 4.60. The number of hydrogen-bond acceptors (Lipinski definition) is 3. The highest BCUT2D eigenvalue weighted by atomic mass is 32.2. The second-order valence-electron chi connectivity index (χ2n) is 6.64. The molecular weight excluding hydrogens is 350 g/mol. The van der Waals surface area contributed by atoms with Crippen molar-refractivity contribution in [2.24, 2.45) is 0 Å². The monoisotopic (exact) mass is 371 g/mol. The predicted molar refractivity (Wildman–Crippen MR) is 114 cm³/mol. The van der Waals surface area contributed by atoms with E-state index in [1.165, 1.54) is 22.3 Å². The number of thioether (sulfide) groups is 1. The van der Waals surface area contributed by atoms with Crippen LogP contribution in [0.5, 0.6) is 0 Å². The Morgan fingerprint density at radius 3 is 2.63 bits per heavy atom. The van der Waals surface area contributed by atoms with E-state index in [9.17, 15) is 0 Å². The molecule has 4 aromatic rings. The smallest absolute Gasteiger partial charge is 0.122 e. The summed E-state index contributed by atoms with van der Waals surface area (Å²) in [7, 11) is 0. The van der Waals surface area contributed by atoms with Crippen LogP contribution < -0.4 is 0 Å². The zero-order valence-electron chi connectivity index (χ0n) is 15.5. The maximum Gasteiger partial charge on any atom is 0.122 e. The van der Waals surface area contributed by atoms with Crippen LogP contribution in [0.25, 0.3) is 22.9 Å². The summed E-state index contributed by atoms with van der Waals surface area (Å²) in [5, 5.41) is 5.76. The highest BCUT2D eigenvalue weighted by Gasteiger charge is 2.11. The molecule has 0 spiro atoms. The molecule has 0 saturated heterocycles. The van der Waals surface area contributed by atoms with Gasteiger partial charge < -0.3 is 0 Å². The van der Waals surface area contributed by atoms with Gasteiger partial charge in [-0.2, -0.15) is 5.10 Å². The van der Waals surface area contributed by atoms with Crippen molar-refractivity contribution in [3.63, 3.8) is 0 Å². The van der Waals surface area contributed by atoms with E-state index in [1.54, 1.807) is 11.8 Å². The summed E-state index contributed by atoms with van der Waals surface area (Å²) in [6.45, 7) is 8.05. The summed E-state index contributed by atoms with van der Waals surface area (Å²) >= 11 is 1.73. The molecule has 0 bridgehead atoms. The molecule has 0 atom stereocenters. The molecule has 0 aliphatic heterocycles. The fourth-order valence-corrected chi connectivity index (χ4v) is 4.08. The van der Waals surface area contributed by atoms with Crippen molar-refractivity contribution in [2.75, 3.05) is 0 Å². The van der Waals surface area contributed by atoms with Gasteiger partial charge in [-0.05, 0) is 36.6 Å². The molecule has 4 heteroatoms. The number of rotatable bonds is 5. The van der Waals surface area contributed by atoms with Crippen LogP contribution in [0.4, 0.5) is 0 Å². The first-order valence-corrected chi connectivity index (χ1v) is 9.89. The summed E-state index contributed by atoms with van der Waals surface area (Å²) in [5.74, 6) is 0.869. The van der Waals surface area contributed by atoms with Crippen molar-refractivity contribution in [3.05, 3.63) is 89.8 Å². The van der Waals surface area contributed by atoms with Gasteiger partial charge >= 0.3 is 0 Å². The Balaban J connectivity index is 1.63. The van der Waals surface area contributed by atoms with Crippen molar-refractivity contribution >= 4 is 23.4 Å². The fraction of sp³-hybridized carbons (Fsp3) is 0.130. The van der Waals surface area contributed by atoms with Gasteiger partial charge in [0.2, 0.25) is 0 Å².